The first-order valence-electron chi connectivity index (χ1n) is 4.67. The molecule has 5 heteroatoms. The number of aromatic nitrogens is 2. The molecule has 2 N–H and O–H groups in total. The van der Waals surface area contributed by atoms with E-state index < -0.39 is 0 Å². The average molecular weight is 280 g/mol. The molecule has 0 amide bonds. The van der Waals surface area contributed by atoms with E-state index in [1.54, 1.807) is 37.5 Å². The lowest BCUT2D eigenvalue weighted by Gasteiger charge is -2.05. The van der Waals surface area contributed by atoms with Crippen molar-refractivity contribution in [1.29, 1.82) is 0 Å². The highest BCUT2D eigenvalue weighted by Gasteiger charge is 2.15. The van der Waals surface area contributed by atoms with Crippen molar-refractivity contribution < 1.29 is 4.79 Å². The third-order valence-corrected chi connectivity index (χ3v) is 2.81. The van der Waals surface area contributed by atoms with Crippen LogP contribution in [0, 0.1) is 0 Å². The maximum absolute atomic E-state index is 12.1. The quantitative estimate of drug-likeness (QED) is 0.676. The number of carbonyl (C=O) groups is 1. The van der Waals surface area contributed by atoms with Gasteiger partial charge in [-0.3, -0.25) is 9.48 Å². The van der Waals surface area contributed by atoms with Gasteiger partial charge in [0.15, 0.2) is 0 Å². The van der Waals surface area contributed by atoms with Crippen LogP contribution >= 0.6 is 15.9 Å². The molecule has 82 valence electrons. The lowest BCUT2D eigenvalue weighted by molar-refractivity contribution is 0.103. The number of nitrogen functional groups attached to an aromatic ring is 1. The van der Waals surface area contributed by atoms with Gasteiger partial charge < -0.3 is 5.73 Å². The summed E-state index contributed by atoms with van der Waals surface area (Å²) in [5.41, 5.74) is 7.24. The number of benzene rings is 1. The maximum Gasteiger partial charge on any atom is 0.213 e. The summed E-state index contributed by atoms with van der Waals surface area (Å²) < 4.78 is 2.36. The maximum atomic E-state index is 12.1. The Bertz CT molecular complexity index is 548. The molecule has 0 aliphatic heterocycles. The predicted octanol–water partition coefficient (Wildman–Crippen LogP) is 2.00. The fraction of sp³-hybridized carbons (Fsp3) is 0.0909. The van der Waals surface area contributed by atoms with E-state index in [4.69, 9.17) is 5.73 Å². The number of hydrogen-bond acceptors (Lipinski definition) is 3. The van der Waals surface area contributed by atoms with Crippen LogP contribution < -0.4 is 5.73 Å². The normalized spacial score (nSPS) is 10.4. The molecule has 0 bridgehead atoms. The van der Waals surface area contributed by atoms with Gasteiger partial charge in [-0.1, -0.05) is 15.9 Å². The second-order valence-corrected chi connectivity index (χ2v) is 4.32. The lowest BCUT2D eigenvalue weighted by atomic mass is 10.1. The van der Waals surface area contributed by atoms with E-state index in [1.165, 1.54) is 4.68 Å². The van der Waals surface area contributed by atoms with Crippen molar-refractivity contribution in [2.45, 2.75) is 0 Å². The SMILES string of the molecule is Cn1nccc1C(=O)c1cc(Br)ccc1N. The van der Waals surface area contributed by atoms with Gasteiger partial charge in [-0.15, -0.1) is 0 Å². The van der Waals surface area contributed by atoms with Crippen LogP contribution in [0.2, 0.25) is 0 Å². The van der Waals surface area contributed by atoms with Crippen LogP contribution in [0.4, 0.5) is 5.69 Å². The molecule has 2 aromatic rings. The van der Waals surface area contributed by atoms with E-state index in [0.29, 0.717) is 16.9 Å². The molecule has 1 aromatic carbocycles. The van der Waals surface area contributed by atoms with E-state index >= 15 is 0 Å². The predicted molar refractivity (Wildman–Crippen MR) is 65.2 cm³/mol. The number of ketones is 1. The summed E-state index contributed by atoms with van der Waals surface area (Å²) in [6, 6.07) is 6.89. The van der Waals surface area contributed by atoms with Crippen LogP contribution in [0.15, 0.2) is 34.9 Å². The zero-order chi connectivity index (χ0) is 11.7. The highest BCUT2D eigenvalue weighted by molar-refractivity contribution is 9.10. The van der Waals surface area contributed by atoms with E-state index in [2.05, 4.69) is 21.0 Å². The number of hydrogen-bond donors (Lipinski definition) is 1. The van der Waals surface area contributed by atoms with Crippen molar-refractivity contribution >= 4 is 27.4 Å². The van der Waals surface area contributed by atoms with Gasteiger partial charge in [0.1, 0.15) is 5.69 Å². The van der Waals surface area contributed by atoms with E-state index in [9.17, 15) is 4.79 Å². The van der Waals surface area contributed by atoms with Gasteiger partial charge in [0.25, 0.3) is 0 Å². The van der Waals surface area contributed by atoms with Crippen molar-refractivity contribution in [2.75, 3.05) is 5.73 Å². The summed E-state index contributed by atoms with van der Waals surface area (Å²) in [7, 11) is 1.72. The largest absolute Gasteiger partial charge is 0.398 e. The minimum absolute atomic E-state index is 0.126. The Morgan fingerprint density at radius 2 is 2.19 bits per heavy atom. The van der Waals surface area contributed by atoms with Gasteiger partial charge >= 0.3 is 0 Å². The van der Waals surface area contributed by atoms with Crippen molar-refractivity contribution in [2.24, 2.45) is 7.05 Å². The van der Waals surface area contributed by atoms with Crippen molar-refractivity contribution in [3.63, 3.8) is 0 Å². The lowest BCUT2D eigenvalue weighted by Crippen LogP contribution is -2.10. The zero-order valence-corrected chi connectivity index (χ0v) is 10.2. The minimum Gasteiger partial charge on any atom is -0.398 e. The molecule has 0 unspecified atom stereocenters. The molecule has 2 rings (SSSR count). The fourth-order valence-corrected chi connectivity index (χ4v) is 1.82. The third kappa shape index (κ3) is 1.86. The summed E-state index contributed by atoms with van der Waals surface area (Å²) >= 11 is 3.32. The Labute approximate surface area is 101 Å². The first-order valence-corrected chi connectivity index (χ1v) is 5.46. The van der Waals surface area contributed by atoms with Crippen molar-refractivity contribution in [1.82, 2.24) is 9.78 Å². The summed E-state index contributed by atoms with van der Waals surface area (Å²) in [6.45, 7) is 0. The van der Waals surface area contributed by atoms with Crippen LogP contribution in [0.1, 0.15) is 16.1 Å². The van der Waals surface area contributed by atoms with Crippen molar-refractivity contribution in [3.05, 3.63) is 46.2 Å². The first-order chi connectivity index (χ1) is 7.59. The zero-order valence-electron chi connectivity index (χ0n) is 8.64. The van der Waals surface area contributed by atoms with Crippen LogP contribution in [0.5, 0.6) is 0 Å². The second kappa shape index (κ2) is 4.09. The molecule has 0 aliphatic carbocycles. The minimum atomic E-state index is -0.126. The topological polar surface area (TPSA) is 60.9 Å². The molecule has 0 atom stereocenters. The molecular formula is C11H10BrN3O. The van der Waals surface area contributed by atoms with Gasteiger partial charge in [0.2, 0.25) is 5.78 Å². The van der Waals surface area contributed by atoms with E-state index in [0.717, 1.165) is 4.47 Å². The van der Waals surface area contributed by atoms with Crippen LogP contribution in [0.25, 0.3) is 0 Å². The Morgan fingerprint density at radius 3 is 2.81 bits per heavy atom. The molecule has 0 saturated carbocycles. The van der Waals surface area contributed by atoms with Gasteiger partial charge in [0, 0.05) is 29.0 Å². The van der Waals surface area contributed by atoms with Gasteiger partial charge in [-0.05, 0) is 24.3 Å². The standard InChI is InChI=1S/C11H10BrN3O/c1-15-10(4-5-14-15)11(16)8-6-7(12)2-3-9(8)13/h2-6H,13H2,1H3. The number of aryl methyl sites for hydroxylation is 1. The fourth-order valence-electron chi connectivity index (χ4n) is 1.46. The monoisotopic (exact) mass is 279 g/mol. The summed E-state index contributed by atoms with van der Waals surface area (Å²) in [5.74, 6) is -0.126. The number of nitrogens with two attached hydrogens (primary N) is 1. The molecule has 0 spiro atoms. The van der Waals surface area contributed by atoms with Gasteiger partial charge in [-0.25, -0.2) is 0 Å². The summed E-state index contributed by atoms with van der Waals surface area (Å²) in [4.78, 5) is 12.1. The summed E-state index contributed by atoms with van der Waals surface area (Å²) in [5, 5.41) is 3.96. The van der Waals surface area contributed by atoms with Gasteiger partial charge in [-0.2, -0.15) is 5.10 Å². The smallest absolute Gasteiger partial charge is 0.213 e. The van der Waals surface area contributed by atoms with Gasteiger partial charge in [0.05, 0.1) is 0 Å². The second-order valence-electron chi connectivity index (χ2n) is 3.40. The van der Waals surface area contributed by atoms with Crippen LogP contribution in [-0.2, 0) is 7.05 Å². The van der Waals surface area contributed by atoms with Crippen molar-refractivity contribution in [3.8, 4) is 0 Å². The first kappa shape index (κ1) is 10.9. The molecule has 0 fully saturated rings. The molecule has 0 saturated heterocycles. The number of halogens is 1. The molecule has 16 heavy (non-hydrogen) atoms. The summed E-state index contributed by atoms with van der Waals surface area (Å²) in [6.07, 6.45) is 1.58. The number of nitrogens with zero attached hydrogens (tertiary/aromatic N) is 2. The molecule has 0 aliphatic rings. The average Bonchev–Trinajstić information content (AvgIpc) is 2.67. The van der Waals surface area contributed by atoms with E-state index in [1.807, 2.05) is 0 Å². The number of anilines is 1. The number of rotatable bonds is 2. The Balaban J connectivity index is 2.49. The van der Waals surface area contributed by atoms with E-state index in [-0.39, 0.29) is 5.78 Å². The van der Waals surface area contributed by atoms with Crippen LogP contribution in [0.3, 0.4) is 0 Å². The molecule has 4 nitrogen and oxygen atoms in total. The van der Waals surface area contributed by atoms with Crippen LogP contribution in [-0.4, -0.2) is 15.6 Å². The number of carbonyl (C=O) groups excluding carboxylic acids is 1. The Hall–Kier alpha value is -1.62. The molecule has 1 heterocycles. The molecule has 0 radical (unpaired) electrons. The highest BCUT2D eigenvalue weighted by atomic mass is 79.9. The third-order valence-electron chi connectivity index (χ3n) is 2.31. The Kier molecular flexibility index (Phi) is 2.78. The highest BCUT2D eigenvalue weighted by Crippen LogP contribution is 2.21. The molecular weight excluding hydrogens is 270 g/mol. The Morgan fingerprint density at radius 1 is 1.44 bits per heavy atom. The molecule has 1 aromatic heterocycles.